The van der Waals surface area contributed by atoms with E-state index < -0.39 is 0 Å². The van der Waals surface area contributed by atoms with Crippen LogP contribution in [-0.2, 0) is 0 Å². The second kappa shape index (κ2) is 4.21. The summed E-state index contributed by atoms with van der Waals surface area (Å²) in [6.45, 7) is 3.62. The minimum atomic E-state index is 0.846. The van der Waals surface area contributed by atoms with Gasteiger partial charge in [0.1, 0.15) is 5.75 Å². The largest absolute Gasteiger partial charge is 0.497 e. The molecule has 1 nitrogen and oxygen atoms in total. The third-order valence-electron chi connectivity index (χ3n) is 1.60. The zero-order chi connectivity index (χ0) is 8.97. The van der Waals surface area contributed by atoms with E-state index in [-0.39, 0.29) is 0 Å². The molecule has 0 saturated carbocycles. The molecule has 1 rings (SSSR count). The second-order valence-corrected chi connectivity index (χ2v) is 3.09. The van der Waals surface area contributed by atoms with E-state index in [1.165, 1.54) is 4.90 Å². The third kappa shape index (κ3) is 1.83. The molecule has 2 heteroatoms. The van der Waals surface area contributed by atoms with Crippen LogP contribution in [0.4, 0.5) is 0 Å². The Balaban J connectivity index is 3.10. The Morgan fingerprint density at radius 1 is 1.50 bits per heavy atom. The quantitative estimate of drug-likeness (QED) is 0.660. The number of benzene rings is 1. The summed E-state index contributed by atoms with van der Waals surface area (Å²) in [4.78, 5) is 1.17. The fourth-order valence-electron chi connectivity index (χ4n) is 0.952. The lowest BCUT2D eigenvalue weighted by atomic mass is 10.2. The Bertz CT molecular complexity index is 281. The van der Waals surface area contributed by atoms with Gasteiger partial charge in [-0.25, -0.2) is 0 Å². The van der Waals surface area contributed by atoms with Gasteiger partial charge in [-0.15, -0.1) is 11.8 Å². The topological polar surface area (TPSA) is 9.23 Å². The summed E-state index contributed by atoms with van der Waals surface area (Å²) in [5.41, 5.74) is 1.00. The Morgan fingerprint density at radius 3 is 2.75 bits per heavy atom. The molecular weight excluding hydrogens is 168 g/mol. The molecule has 1 radical (unpaired) electrons. The number of methoxy groups -OCH3 is 1. The van der Waals surface area contributed by atoms with Crippen molar-refractivity contribution in [2.24, 2.45) is 0 Å². The summed E-state index contributed by atoms with van der Waals surface area (Å²) in [5.74, 6) is 0.846. The van der Waals surface area contributed by atoms with Gasteiger partial charge in [-0.05, 0) is 36.1 Å². The molecule has 0 heterocycles. The number of hydrogen-bond donors (Lipinski definition) is 0. The fraction of sp³-hybridized carbons (Fsp3) is 0.200. The van der Waals surface area contributed by atoms with Crippen LogP contribution in [0.25, 0.3) is 0 Å². The normalized spacial score (nSPS) is 9.50. The molecule has 0 atom stereocenters. The number of ether oxygens (including phenoxy) is 1. The van der Waals surface area contributed by atoms with Gasteiger partial charge in [0, 0.05) is 4.90 Å². The first-order chi connectivity index (χ1) is 5.81. The van der Waals surface area contributed by atoms with E-state index in [4.69, 9.17) is 4.74 Å². The maximum atomic E-state index is 5.08. The highest BCUT2D eigenvalue weighted by Crippen LogP contribution is 2.24. The van der Waals surface area contributed by atoms with Crippen LogP contribution in [0.2, 0.25) is 0 Å². The van der Waals surface area contributed by atoms with Gasteiger partial charge in [0.25, 0.3) is 0 Å². The van der Waals surface area contributed by atoms with Crippen molar-refractivity contribution in [1.29, 1.82) is 0 Å². The average molecular weight is 179 g/mol. The lowest BCUT2D eigenvalue weighted by molar-refractivity contribution is 0.414. The highest BCUT2D eigenvalue weighted by molar-refractivity contribution is 7.98. The van der Waals surface area contributed by atoms with Crippen molar-refractivity contribution in [1.82, 2.24) is 0 Å². The lowest BCUT2D eigenvalue weighted by Crippen LogP contribution is -1.85. The summed E-state index contributed by atoms with van der Waals surface area (Å²) >= 11 is 1.68. The zero-order valence-electron chi connectivity index (χ0n) is 7.26. The minimum Gasteiger partial charge on any atom is -0.497 e. The molecule has 0 N–H and O–H groups in total. The minimum absolute atomic E-state index is 0.846. The van der Waals surface area contributed by atoms with Crippen LogP contribution in [0.3, 0.4) is 0 Å². The Labute approximate surface area is 77.4 Å². The lowest BCUT2D eigenvalue weighted by Gasteiger charge is -2.04. The van der Waals surface area contributed by atoms with E-state index in [0.29, 0.717) is 0 Å². The van der Waals surface area contributed by atoms with Gasteiger partial charge in [-0.3, -0.25) is 0 Å². The second-order valence-electron chi connectivity index (χ2n) is 2.24. The van der Waals surface area contributed by atoms with E-state index in [0.717, 1.165) is 11.3 Å². The summed E-state index contributed by atoms with van der Waals surface area (Å²) in [5, 5.41) is 0. The smallest absolute Gasteiger partial charge is 0.119 e. The summed E-state index contributed by atoms with van der Waals surface area (Å²) in [6.07, 6.45) is 4.90. The van der Waals surface area contributed by atoms with Crippen molar-refractivity contribution in [3.8, 4) is 5.75 Å². The van der Waals surface area contributed by atoms with Crippen molar-refractivity contribution >= 4 is 11.8 Å². The van der Waals surface area contributed by atoms with Crippen molar-refractivity contribution in [3.63, 3.8) is 0 Å². The molecule has 0 aliphatic heterocycles. The van der Waals surface area contributed by atoms with Crippen LogP contribution in [0.15, 0.2) is 29.7 Å². The summed E-state index contributed by atoms with van der Waals surface area (Å²) in [6, 6.07) is 5.88. The molecule has 0 amide bonds. The van der Waals surface area contributed by atoms with Gasteiger partial charge < -0.3 is 4.74 Å². The van der Waals surface area contributed by atoms with E-state index in [2.05, 4.69) is 12.7 Å². The molecule has 0 unspecified atom stereocenters. The average Bonchev–Trinajstić information content (AvgIpc) is 2.16. The molecule has 0 saturated heterocycles. The van der Waals surface area contributed by atoms with Crippen molar-refractivity contribution in [3.05, 3.63) is 36.4 Å². The first-order valence-electron chi connectivity index (χ1n) is 3.57. The predicted molar refractivity (Wildman–Crippen MR) is 52.7 cm³/mol. The van der Waals surface area contributed by atoms with Gasteiger partial charge in [0.2, 0.25) is 0 Å². The molecule has 0 spiro atoms. The molecule has 1 aromatic carbocycles. The van der Waals surface area contributed by atoms with Crippen LogP contribution in [0.1, 0.15) is 5.56 Å². The number of rotatable bonds is 3. The third-order valence-corrected chi connectivity index (χ3v) is 2.39. The molecule has 0 aliphatic rings. The molecular formula is C10H11OS. The molecule has 0 aliphatic carbocycles. The molecule has 0 aromatic heterocycles. The maximum absolute atomic E-state index is 5.08. The van der Waals surface area contributed by atoms with Crippen LogP contribution in [0, 0.1) is 6.08 Å². The summed E-state index contributed by atoms with van der Waals surface area (Å²) < 4.78 is 5.08. The van der Waals surface area contributed by atoms with Gasteiger partial charge in [0.15, 0.2) is 0 Å². The number of thioether (sulfide) groups is 1. The monoisotopic (exact) mass is 179 g/mol. The SMILES string of the molecule is C=[C]c1cc(OC)ccc1SC. The van der Waals surface area contributed by atoms with Gasteiger partial charge in [-0.2, -0.15) is 0 Å². The zero-order valence-corrected chi connectivity index (χ0v) is 8.07. The standard InChI is InChI=1S/C10H11OS/c1-4-8-7-9(11-2)5-6-10(8)12-3/h5-7H,1H2,2-3H3. The van der Waals surface area contributed by atoms with Crippen LogP contribution in [0.5, 0.6) is 5.75 Å². The van der Waals surface area contributed by atoms with Crippen molar-refractivity contribution in [2.75, 3.05) is 13.4 Å². The van der Waals surface area contributed by atoms with E-state index in [1.54, 1.807) is 18.9 Å². The highest BCUT2D eigenvalue weighted by atomic mass is 32.2. The molecule has 1 aromatic rings. The number of hydrogen-bond acceptors (Lipinski definition) is 2. The molecule has 0 bridgehead atoms. The highest BCUT2D eigenvalue weighted by Gasteiger charge is 1.99. The van der Waals surface area contributed by atoms with Crippen molar-refractivity contribution < 1.29 is 4.74 Å². The summed E-state index contributed by atoms with van der Waals surface area (Å²) in [7, 11) is 1.65. The van der Waals surface area contributed by atoms with E-state index in [9.17, 15) is 0 Å². The Morgan fingerprint density at radius 2 is 2.25 bits per heavy atom. The predicted octanol–water partition coefficient (Wildman–Crippen LogP) is 2.75. The van der Waals surface area contributed by atoms with Gasteiger partial charge in [0.05, 0.1) is 7.11 Å². The molecule has 12 heavy (non-hydrogen) atoms. The van der Waals surface area contributed by atoms with Crippen LogP contribution < -0.4 is 4.74 Å². The molecule has 0 fully saturated rings. The first-order valence-corrected chi connectivity index (χ1v) is 4.79. The van der Waals surface area contributed by atoms with Gasteiger partial charge in [-0.1, -0.05) is 6.58 Å². The Kier molecular flexibility index (Phi) is 3.23. The van der Waals surface area contributed by atoms with E-state index >= 15 is 0 Å². The fourth-order valence-corrected chi connectivity index (χ4v) is 1.51. The van der Waals surface area contributed by atoms with Crippen molar-refractivity contribution in [2.45, 2.75) is 4.90 Å². The Hall–Kier alpha value is -0.890. The molecule has 63 valence electrons. The van der Waals surface area contributed by atoms with Gasteiger partial charge >= 0.3 is 0 Å². The first kappa shape index (κ1) is 9.20. The van der Waals surface area contributed by atoms with Crippen LogP contribution >= 0.6 is 11.8 Å². The van der Waals surface area contributed by atoms with Crippen LogP contribution in [-0.4, -0.2) is 13.4 Å². The maximum Gasteiger partial charge on any atom is 0.119 e. The van der Waals surface area contributed by atoms with E-state index in [1.807, 2.05) is 24.5 Å².